The third-order valence-electron chi connectivity index (χ3n) is 2.75. The highest BCUT2D eigenvalue weighted by atomic mass is 32.1. The number of phenols is 2. The number of nitrogens with zero attached hydrogens (tertiary/aromatic N) is 1. The van der Waals surface area contributed by atoms with Crippen LogP contribution in [-0.4, -0.2) is 15.2 Å². The fraction of sp³-hybridized carbons (Fsp3) is 0.0714. The number of rotatable bonds is 1. The Balaban J connectivity index is 2.22. The van der Waals surface area contributed by atoms with Crippen molar-refractivity contribution in [2.24, 2.45) is 0 Å². The van der Waals surface area contributed by atoms with Crippen LogP contribution in [0.5, 0.6) is 11.5 Å². The monoisotopic (exact) mass is 257 g/mol. The molecule has 0 saturated heterocycles. The van der Waals surface area contributed by atoms with E-state index in [4.69, 9.17) is 0 Å². The number of hydrogen-bond acceptors (Lipinski definition) is 4. The molecule has 1 heterocycles. The summed E-state index contributed by atoms with van der Waals surface area (Å²) in [6.45, 7) is 2.02. The Morgan fingerprint density at radius 3 is 2.72 bits per heavy atom. The first kappa shape index (κ1) is 11.0. The van der Waals surface area contributed by atoms with Crippen LogP contribution in [0.1, 0.15) is 5.56 Å². The van der Waals surface area contributed by atoms with E-state index in [1.807, 2.05) is 25.1 Å². The largest absolute Gasteiger partial charge is 0.508 e. The number of thiazole rings is 1. The van der Waals surface area contributed by atoms with Crippen molar-refractivity contribution in [2.45, 2.75) is 6.92 Å². The lowest BCUT2D eigenvalue weighted by Crippen LogP contribution is -1.78. The zero-order valence-corrected chi connectivity index (χ0v) is 10.5. The minimum atomic E-state index is 0.123. The van der Waals surface area contributed by atoms with Crippen molar-refractivity contribution in [3.63, 3.8) is 0 Å². The molecule has 0 unspecified atom stereocenters. The topological polar surface area (TPSA) is 53.4 Å². The first-order chi connectivity index (χ1) is 8.63. The third-order valence-corrected chi connectivity index (χ3v) is 3.82. The molecule has 0 bridgehead atoms. The van der Waals surface area contributed by atoms with Crippen LogP contribution in [0.2, 0.25) is 0 Å². The molecule has 0 aliphatic rings. The van der Waals surface area contributed by atoms with Gasteiger partial charge in [0.25, 0.3) is 0 Å². The number of aromatic hydroxyl groups is 2. The van der Waals surface area contributed by atoms with E-state index in [0.717, 1.165) is 15.8 Å². The predicted molar refractivity (Wildman–Crippen MR) is 73.1 cm³/mol. The molecule has 0 aliphatic heterocycles. The second-order valence-electron chi connectivity index (χ2n) is 4.19. The van der Waals surface area contributed by atoms with Crippen LogP contribution in [0.15, 0.2) is 36.4 Å². The van der Waals surface area contributed by atoms with Gasteiger partial charge >= 0.3 is 0 Å². The Morgan fingerprint density at radius 2 is 1.89 bits per heavy atom. The first-order valence-corrected chi connectivity index (χ1v) is 6.35. The third kappa shape index (κ3) is 1.80. The maximum absolute atomic E-state index is 9.82. The molecule has 0 fully saturated rings. The molecule has 3 nitrogen and oxygen atoms in total. The van der Waals surface area contributed by atoms with Crippen LogP contribution in [0.4, 0.5) is 0 Å². The molecule has 4 heteroatoms. The molecule has 0 radical (unpaired) electrons. The average molecular weight is 257 g/mol. The lowest BCUT2D eigenvalue weighted by Gasteiger charge is -2.00. The van der Waals surface area contributed by atoms with Crippen LogP contribution in [0, 0.1) is 6.92 Å². The Hall–Kier alpha value is -2.07. The Morgan fingerprint density at radius 1 is 1.06 bits per heavy atom. The highest BCUT2D eigenvalue weighted by molar-refractivity contribution is 7.21. The van der Waals surface area contributed by atoms with Gasteiger partial charge in [0, 0.05) is 0 Å². The SMILES string of the molecule is Cc1ccc2sc(-c3cc(O)ccc3O)nc2c1. The number of aryl methyl sites for hydroxylation is 1. The van der Waals surface area contributed by atoms with Crippen LogP contribution < -0.4 is 0 Å². The zero-order valence-electron chi connectivity index (χ0n) is 9.71. The zero-order chi connectivity index (χ0) is 12.7. The summed E-state index contributed by atoms with van der Waals surface area (Å²) in [5.74, 6) is 0.252. The van der Waals surface area contributed by atoms with E-state index in [1.165, 1.54) is 29.5 Å². The molecule has 18 heavy (non-hydrogen) atoms. The minimum absolute atomic E-state index is 0.123. The summed E-state index contributed by atoms with van der Waals surface area (Å²) < 4.78 is 1.07. The lowest BCUT2D eigenvalue weighted by atomic mass is 10.2. The van der Waals surface area contributed by atoms with Gasteiger partial charge in [0.05, 0.1) is 15.8 Å². The number of phenolic OH excluding ortho intramolecular Hbond substituents is 2. The van der Waals surface area contributed by atoms with Crippen LogP contribution >= 0.6 is 11.3 Å². The van der Waals surface area contributed by atoms with Gasteiger partial charge in [-0.15, -0.1) is 11.3 Å². The first-order valence-electron chi connectivity index (χ1n) is 5.53. The predicted octanol–water partition coefficient (Wildman–Crippen LogP) is 3.68. The van der Waals surface area contributed by atoms with Crippen molar-refractivity contribution in [3.05, 3.63) is 42.0 Å². The number of benzene rings is 2. The summed E-state index contributed by atoms with van der Waals surface area (Å²) in [5.41, 5.74) is 2.63. The molecule has 3 aromatic rings. The minimum Gasteiger partial charge on any atom is -0.508 e. The van der Waals surface area contributed by atoms with E-state index < -0.39 is 0 Å². The van der Waals surface area contributed by atoms with Gasteiger partial charge in [-0.25, -0.2) is 4.98 Å². The molecule has 2 aromatic carbocycles. The van der Waals surface area contributed by atoms with Gasteiger partial charge in [-0.05, 0) is 42.8 Å². The molecule has 0 amide bonds. The highest BCUT2D eigenvalue weighted by Crippen LogP contribution is 2.37. The molecule has 0 spiro atoms. The smallest absolute Gasteiger partial charge is 0.128 e. The summed E-state index contributed by atoms with van der Waals surface area (Å²) in [5, 5.41) is 20.0. The fourth-order valence-corrected chi connectivity index (χ4v) is 2.82. The summed E-state index contributed by atoms with van der Waals surface area (Å²) in [7, 11) is 0. The van der Waals surface area contributed by atoms with Crippen LogP contribution in [0.3, 0.4) is 0 Å². The summed E-state index contributed by atoms with van der Waals surface area (Å²) >= 11 is 1.50. The Bertz CT molecular complexity index is 734. The fourth-order valence-electron chi connectivity index (χ4n) is 1.85. The molecule has 1 aromatic heterocycles. The summed E-state index contributed by atoms with van der Waals surface area (Å²) in [6, 6.07) is 10.5. The number of fused-ring (bicyclic) bond motifs is 1. The van der Waals surface area contributed by atoms with E-state index in [0.29, 0.717) is 10.6 Å². The van der Waals surface area contributed by atoms with E-state index >= 15 is 0 Å². The maximum Gasteiger partial charge on any atom is 0.128 e. The molecule has 0 saturated carbocycles. The quantitative estimate of drug-likeness (QED) is 0.654. The molecule has 0 aliphatic carbocycles. The van der Waals surface area contributed by atoms with Gasteiger partial charge in [-0.2, -0.15) is 0 Å². The summed E-state index contributed by atoms with van der Waals surface area (Å²) in [6.07, 6.45) is 0. The van der Waals surface area contributed by atoms with E-state index in [9.17, 15) is 10.2 Å². The van der Waals surface area contributed by atoms with Crippen molar-refractivity contribution in [2.75, 3.05) is 0 Å². The van der Waals surface area contributed by atoms with Crippen molar-refractivity contribution in [1.29, 1.82) is 0 Å². The Labute approximate surface area is 108 Å². The van der Waals surface area contributed by atoms with Crippen molar-refractivity contribution in [3.8, 4) is 22.1 Å². The second-order valence-corrected chi connectivity index (χ2v) is 5.22. The average Bonchev–Trinajstić information content (AvgIpc) is 2.74. The van der Waals surface area contributed by atoms with Gasteiger partial charge in [0.1, 0.15) is 16.5 Å². The lowest BCUT2D eigenvalue weighted by molar-refractivity contribution is 0.462. The second kappa shape index (κ2) is 3.99. The molecular weight excluding hydrogens is 246 g/mol. The van der Waals surface area contributed by atoms with Gasteiger partial charge in [0.15, 0.2) is 0 Å². The van der Waals surface area contributed by atoms with E-state index in [1.54, 1.807) is 0 Å². The molecule has 90 valence electrons. The highest BCUT2D eigenvalue weighted by Gasteiger charge is 2.11. The number of aromatic nitrogens is 1. The standard InChI is InChI=1S/C14H11NO2S/c1-8-2-5-13-11(6-8)15-14(18-13)10-7-9(16)3-4-12(10)17/h2-7,16-17H,1H3. The molecular formula is C14H11NO2S. The molecule has 2 N–H and O–H groups in total. The summed E-state index contributed by atoms with van der Waals surface area (Å²) in [4.78, 5) is 4.49. The van der Waals surface area contributed by atoms with E-state index in [2.05, 4.69) is 4.98 Å². The van der Waals surface area contributed by atoms with Gasteiger partial charge in [-0.3, -0.25) is 0 Å². The van der Waals surface area contributed by atoms with Crippen molar-refractivity contribution >= 4 is 21.6 Å². The van der Waals surface area contributed by atoms with Crippen LogP contribution in [0.25, 0.3) is 20.8 Å². The van der Waals surface area contributed by atoms with Crippen LogP contribution in [-0.2, 0) is 0 Å². The van der Waals surface area contributed by atoms with Crippen molar-refractivity contribution < 1.29 is 10.2 Å². The Kier molecular flexibility index (Phi) is 2.45. The van der Waals surface area contributed by atoms with Gasteiger partial charge < -0.3 is 10.2 Å². The van der Waals surface area contributed by atoms with Crippen molar-refractivity contribution in [1.82, 2.24) is 4.98 Å². The number of hydrogen-bond donors (Lipinski definition) is 2. The van der Waals surface area contributed by atoms with Gasteiger partial charge in [-0.1, -0.05) is 6.07 Å². The maximum atomic E-state index is 9.82. The molecule has 3 rings (SSSR count). The molecule has 0 atom stereocenters. The van der Waals surface area contributed by atoms with E-state index in [-0.39, 0.29) is 11.5 Å². The van der Waals surface area contributed by atoms with Gasteiger partial charge in [0.2, 0.25) is 0 Å². The normalized spacial score (nSPS) is 10.9.